The van der Waals surface area contributed by atoms with Gasteiger partial charge in [0.2, 0.25) is 5.91 Å². The highest BCUT2D eigenvalue weighted by atomic mass is 16.5. The first-order chi connectivity index (χ1) is 8.19. The van der Waals surface area contributed by atoms with Crippen LogP contribution in [0.2, 0.25) is 0 Å². The molecule has 0 aromatic heterocycles. The molecule has 1 atom stereocenters. The minimum Gasteiger partial charge on any atom is -0.497 e. The van der Waals surface area contributed by atoms with Crippen molar-refractivity contribution in [3.63, 3.8) is 0 Å². The largest absolute Gasteiger partial charge is 0.497 e. The predicted molar refractivity (Wildman–Crippen MR) is 64.6 cm³/mol. The van der Waals surface area contributed by atoms with E-state index in [1.54, 1.807) is 26.4 Å². The van der Waals surface area contributed by atoms with Gasteiger partial charge >= 0.3 is 0 Å². The lowest BCUT2D eigenvalue weighted by Gasteiger charge is -2.26. The number of carbonyl (C=O) groups excluding carboxylic acids is 1. The quantitative estimate of drug-likeness (QED) is 0.823. The van der Waals surface area contributed by atoms with Gasteiger partial charge < -0.3 is 20.5 Å². The topological polar surface area (TPSA) is 73.6 Å². The number of carbonyl (C=O) groups is 1. The van der Waals surface area contributed by atoms with E-state index in [0.717, 1.165) is 11.3 Å². The second-order valence-electron chi connectivity index (χ2n) is 3.98. The number of hydrogen-bond acceptors (Lipinski definition) is 4. The highest BCUT2D eigenvalue weighted by molar-refractivity contribution is 5.95. The normalized spacial score (nSPS) is 18.3. The summed E-state index contributed by atoms with van der Waals surface area (Å²) < 4.78 is 10.5. The summed E-state index contributed by atoms with van der Waals surface area (Å²) in [4.78, 5) is 11.5. The van der Waals surface area contributed by atoms with Crippen molar-refractivity contribution in [2.75, 3.05) is 26.1 Å². The maximum Gasteiger partial charge on any atom is 0.225 e. The summed E-state index contributed by atoms with van der Waals surface area (Å²) in [6.07, 6.45) is 0.395. The summed E-state index contributed by atoms with van der Waals surface area (Å²) in [5.74, 6) is 1.33. The smallest absolute Gasteiger partial charge is 0.225 e. The van der Waals surface area contributed by atoms with Gasteiger partial charge in [0.15, 0.2) is 0 Å². The molecule has 5 nitrogen and oxygen atoms in total. The van der Waals surface area contributed by atoms with Crippen molar-refractivity contribution < 1.29 is 14.3 Å². The zero-order chi connectivity index (χ0) is 12.4. The molecular formula is C12H16N2O3. The molecule has 1 unspecified atom stereocenters. The molecule has 3 N–H and O–H groups in total. The van der Waals surface area contributed by atoms with Crippen LogP contribution in [0.5, 0.6) is 11.5 Å². The van der Waals surface area contributed by atoms with Crippen LogP contribution >= 0.6 is 0 Å². The molecule has 1 amide bonds. The molecule has 17 heavy (non-hydrogen) atoms. The number of amides is 1. The van der Waals surface area contributed by atoms with Gasteiger partial charge in [0.05, 0.1) is 19.9 Å². The number of hydrogen-bond donors (Lipinski definition) is 2. The van der Waals surface area contributed by atoms with Crippen molar-refractivity contribution in [3.05, 3.63) is 17.7 Å². The molecule has 0 bridgehead atoms. The highest BCUT2D eigenvalue weighted by Crippen LogP contribution is 2.41. The Labute approximate surface area is 99.9 Å². The lowest BCUT2D eigenvalue weighted by molar-refractivity contribution is -0.116. The highest BCUT2D eigenvalue weighted by Gasteiger charge is 2.28. The molecule has 5 heteroatoms. The summed E-state index contributed by atoms with van der Waals surface area (Å²) in [5, 5.41) is 2.82. The Bertz CT molecular complexity index is 446. The van der Waals surface area contributed by atoms with Gasteiger partial charge in [-0.15, -0.1) is 0 Å². The summed E-state index contributed by atoms with van der Waals surface area (Å²) in [7, 11) is 3.17. The molecule has 1 heterocycles. The Balaban J connectivity index is 2.55. The molecule has 0 aliphatic carbocycles. The van der Waals surface area contributed by atoms with Crippen LogP contribution in [0.3, 0.4) is 0 Å². The van der Waals surface area contributed by atoms with E-state index in [1.807, 2.05) is 0 Å². The first-order valence-electron chi connectivity index (χ1n) is 5.45. The molecule has 0 saturated carbocycles. The molecule has 1 aromatic carbocycles. The van der Waals surface area contributed by atoms with Gasteiger partial charge in [-0.25, -0.2) is 0 Å². The van der Waals surface area contributed by atoms with Crippen LogP contribution in [0.15, 0.2) is 12.1 Å². The van der Waals surface area contributed by atoms with Gasteiger partial charge in [-0.1, -0.05) is 0 Å². The van der Waals surface area contributed by atoms with Crippen LogP contribution in [0.25, 0.3) is 0 Å². The minimum atomic E-state index is -0.0248. The van der Waals surface area contributed by atoms with Crippen molar-refractivity contribution in [1.29, 1.82) is 0 Å². The number of ether oxygens (including phenoxy) is 2. The zero-order valence-electron chi connectivity index (χ0n) is 9.95. The van der Waals surface area contributed by atoms with Crippen LogP contribution in [-0.4, -0.2) is 26.7 Å². The van der Waals surface area contributed by atoms with E-state index in [2.05, 4.69) is 5.32 Å². The average molecular weight is 236 g/mol. The Kier molecular flexibility index (Phi) is 3.19. The van der Waals surface area contributed by atoms with Crippen molar-refractivity contribution in [3.8, 4) is 11.5 Å². The van der Waals surface area contributed by atoms with E-state index in [-0.39, 0.29) is 11.8 Å². The number of fused-ring (bicyclic) bond motifs is 1. The third-order valence-corrected chi connectivity index (χ3v) is 2.97. The number of anilines is 1. The lowest BCUT2D eigenvalue weighted by Crippen LogP contribution is -2.27. The van der Waals surface area contributed by atoms with E-state index in [4.69, 9.17) is 15.2 Å². The lowest BCUT2D eigenvalue weighted by atomic mass is 9.89. The molecule has 0 fully saturated rings. The first-order valence-corrected chi connectivity index (χ1v) is 5.45. The number of rotatable bonds is 3. The number of benzene rings is 1. The van der Waals surface area contributed by atoms with Gasteiger partial charge in [0.1, 0.15) is 11.5 Å². The fraction of sp³-hybridized carbons (Fsp3) is 0.417. The monoisotopic (exact) mass is 236 g/mol. The Morgan fingerprint density at radius 1 is 1.41 bits per heavy atom. The second kappa shape index (κ2) is 4.63. The van der Waals surface area contributed by atoms with Crippen LogP contribution in [0.4, 0.5) is 5.69 Å². The number of nitrogens with one attached hydrogen (secondary N) is 1. The van der Waals surface area contributed by atoms with Crippen LogP contribution in [-0.2, 0) is 4.79 Å². The fourth-order valence-corrected chi connectivity index (χ4v) is 2.14. The zero-order valence-corrected chi connectivity index (χ0v) is 9.95. The fourth-order valence-electron chi connectivity index (χ4n) is 2.14. The predicted octanol–water partition coefficient (Wildman–Crippen LogP) is 1.09. The Morgan fingerprint density at radius 2 is 2.18 bits per heavy atom. The van der Waals surface area contributed by atoms with Gasteiger partial charge in [-0.3, -0.25) is 4.79 Å². The van der Waals surface area contributed by atoms with Crippen LogP contribution < -0.4 is 20.5 Å². The van der Waals surface area contributed by atoms with Crippen molar-refractivity contribution in [2.24, 2.45) is 5.73 Å². The van der Waals surface area contributed by atoms with Gasteiger partial charge in [0, 0.05) is 30.0 Å². The maximum atomic E-state index is 11.5. The van der Waals surface area contributed by atoms with Gasteiger partial charge in [-0.05, 0) is 6.54 Å². The Hall–Kier alpha value is -1.75. The van der Waals surface area contributed by atoms with E-state index >= 15 is 0 Å². The van der Waals surface area contributed by atoms with E-state index in [0.29, 0.717) is 24.5 Å². The summed E-state index contributed by atoms with van der Waals surface area (Å²) in [5.41, 5.74) is 7.39. The molecular weight excluding hydrogens is 220 g/mol. The maximum absolute atomic E-state index is 11.5. The molecule has 0 spiro atoms. The first kappa shape index (κ1) is 11.7. The van der Waals surface area contributed by atoms with E-state index in [9.17, 15) is 4.79 Å². The van der Waals surface area contributed by atoms with Crippen molar-refractivity contribution in [2.45, 2.75) is 12.3 Å². The SMILES string of the molecule is COc1cc2c(c(OC)c1)C(CN)CC(=O)N2. The summed E-state index contributed by atoms with van der Waals surface area (Å²) in [6.45, 7) is 0.420. The van der Waals surface area contributed by atoms with Crippen LogP contribution in [0, 0.1) is 0 Å². The summed E-state index contributed by atoms with van der Waals surface area (Å²) >= 11 is 0. The molecule has 0 saturated heterocycles. The Morgan fingerprint density at radius 3 is 2.76 bits per heavy atom. The molecule has 2 rings (SSSR count). The number of methoxy groups -OCH3 is 2. The van der Waals surface area contributed by atoms with Crippen molar-refractivity contribution in [1.82, 2.24) is 0 Å². The van der Waals surface area contributed by atoms with Gasteiger partial charge in [-0.2, -0.15) is 0 Å². The average Bonchev–Trinajstić information content (AvgIpc) is 2.35. The van der Waals surface area contributed by atoms with Gasteiger partial charge in [0.25, 0.3) is 0 Å². The second-order valence-corrected chi connectivity index (χ2v) is 3.98. The number of nitrogens with two attached hydrogens (primary N) is 1. The minimum absolute atomic E-state index is 0.000365. The molecule has 1 aliphatic heterocycles. The van der Waals surface area contributed by atoms with E-state index < -0.39 is 0 Å². The molecule has 0 radical (unpaired) electrons. The third kappa shape index (κ3) is 2.06. The standard InChI is InChI=1S/C12H16N2O3/c1-16-8-4-9-12(10(5-8)17-2)7(6-13)3-11(15)14-9/h4-5,7H,3,6,13H2,1-2H3,(H,14,15). The van der Waals surface area contributed by atoms with Crippen molar-refractivity contribution >= 4 is 11.6 Å². The summed E-state index contributed by atoms with van der Waals surface area (Å²) in [6, 6.07) is 3.59. The van der Waals surface area contributed by atoms with Crippen LogP contribution in [0.1, 0.15) is 17.9 Å². The third-order valence-electron chi connectivity index (χ3n) is 2.97. The molecule has 1 aliphatic rings. The van der Waals surface area contributed by atoms with E-state index in [1.165, 1.54) is 0 Å². The molecule has 92 valence electrons. The molecule has 1 aromatic rings.